The Hall–Kier alpha value is -1.53. The molecule has 2 aliphatic heterocycles. The van der Waals surface area contributed by atoms with Gasteiger partial charge in [-0.2, -0.15) is 9.57 Å². The smallest absolute Gasteiger partial charge is 0.243 e. The van der Waals surface area contributed by atoms with Crippen molar-refractivity contribution in [1.82, 2.24) is 9.21 Å². The number of halogens is 1. The molecule has 3 fully saturated rings. The second-order valence-electron chi connectivity index (χ2n) is 8.01. The van der Waals surface area contributed by atoms with Crippen LogP contribution in [0.5, 0.6) is 0 Å². The van der Waals surface area contributed by atoms with Crippen LogP contribution in [-0.4, -0.2) is 62.1 Å². The number of benzene rings is 1. The van der Waals surface area contributed by atoms with E-state index in [0.717, 1.165) is 50.9 Å². The first-order chi connectivity index (χ1) is 13.5. The number of hydrogen-bond acceptors (Lipinski definition) is 5. The molecule has 1 aromatic carbocycles. The zero-order valence-electron chi connectivity index (χ0n) is 15.9. The standard InChI is InChI=1S/C20H26FN3O3S/c21-18-7-6-17(13-16(18)14-22)28(25,26)24-11-12-27-20(15-24)8-2-1-5-19(20)23-9-3-4-10-23/h6-7,13,19H,1-5,8-12,15H2/t19-,20+/m0/s1. The van der Waals surface area contributed by atoms with Gasteiger partial charge in [-0.05, 0) is 57.0 Å². The maximum Gasteiger partial charge on any atom is 0.243 e. The summed E-state index contributed by atoms with van der Waals surface area (Å²) in [5.74, 6) is -0.707. The van der Waals surface area contributed by atoms with Crippen LogP contribution in [0.15, 0.2) is 23.1 Å². The van der Waals surface area contributed by atoms with Crippen molar-refractivity contribution < 1.29 is 17.5 Å². The Morgan fingerprint density at radius 2 is 1.96 bits per heavy atom. The maximum atomic E-state index is 13.7. The van der Waals surface area contributed by atoms with Crippen LogP contribution in [0, 0.1) is 17.1 Å². The highest BCUT2D eigenvalue weighted by atomic mass is 32.2. The molecular formula is C20H26FN3O3S. The lowest BCUT2D eigenvalue weighted by Crippen LogP contribution is -2.64. The minimum atomic E-state index is -3.82. The molecule has 1 aliphatic carbocycles. The van der Waals surface area contributed by atoms with Crippen LogP contribution in [0.25, 0.3) is 0 Å². The van der Waals surface area contributed by atoms with Gasteiger partial charge in [0.2, 0.25) is 10.0 Å². The minimum Gasteiger partial charge on any atom is -0.371 e. The molecule has 2 heterocycles. The monoisotopic (exact) mass is 407 g/mol. The molecule has 0 N–H and O–H groups in total. The highest BCUT2D eigenvalue weighted by Gasteiger charge is 2.50. The van der Waals surface area contributed by atoms with E-state index in [-0.39, 0.29) is 23.0 Å². The number of nitrogens with zero attached hydrogens (tertiary/aromatic N) is 3. The molecule has 8 heteroatoms. The first-order valence-electron chi connectivity index (χ1n) is 10.0. The lowest BCUT2D eigenvalue weighted by molar-refractivity contribution is -0.149. The Bertz CT molecular complexity index is 875. The van der Waals surface area contributed by atoms with Gasteiger partial charge in [0, 0.05) is 19.1 Å². The molecular weight excluding hydrogens is 381 g/mol. The molecule has 1 aromatic rings. The second kappa shape index (κ2) is 7.71. The highest BCUT2D eigenvalue weighted by molar-refractivity contribution is 7.89. The van der Waals surface area contributed by atoms with E-state index < -0.39 is 21.4 Å². The van der Waals surface area contributed by atoms with Crippen LogP contribution in [0.3, 0.4) is 0 Å². The molecule has 0 aromatic heterocycles. The molecule has 3 aliphatic rings. The Morgan fingerprint density at radius 1 is 1.18 bits per heavy atom. The summed E-state index contributed by atoms with van der Waals surface area (Å²) >= 11 is 0. The summed E-state index contributed by atoms with van der Waals surface area (Å²) in [5, 5.41) is 9.05. The summed E-state index contributed by atoms with van der Waals surface area (Å²) in [6.07, 6.45) is 6.42. The molecule has 6 nitrogen and oxygen atoms in total. The van der Waals surface area contributed by atoms with Gasteiger partial charge in [0.05, 0.1) is 22.7 Å². The average Bonchev–Trinajstić information content (AvgIpc) is 3.23. The first-order valence-corrected chi connectivity index (χ1v) is 11.5. The summed E-state index contributed by atoms with van der Waals surface area (Å²) < 4.78 is 47.9. The molecule has 4 rings (SSSR count). The van der Waals surface area contributed by atoms with Gasteiger partial charge in [-0.3, -0.25) is 4.90 Å². The fraction of sp³-hybridized carbons (Fsp3) is 0.650. The van der Waals surface area contributed by atoms with Gasteiger partial charge in [0.1, 0.15) is 11.9 Å². The number of nitriles is 1. The summed E-state index contributed by atoms with van der Waals surface area (Å²) in [6, 6.07) is 5.39. The van der Waals surface area contributed by atoms with Crippen molar-refractivity contribution in [2.24, 2.45) is 0 Å². The second-order valence-corrected chi connectivity index (χ2v) is 9.95. The number of ether oxygens (including phenoxy) is 1. The van der Waals surface area contributed by atoms with E-state index in [9.17, 15) is 12.8 Å². The van der Waals surface area contributed by atoms with Gasteiger partial charge < -0.3 is 4.74 Å². The van der Waals surface area contributed by atoms with Gasteiger partial charge in [0.25, 0.3) is 0 Å². The SMILES string of the molecule is N#Cc1cc(S(=O)(=O)N2CCO[C@]3(CCCC[C@@H]3N3CCCC3)C2)ccc1F. The van der Waals surface area contributed by atoms with E-state index in [1.54, 1.807) is 6.07 Å². The van der Waals surface area contributed by atoms with Crippen molar-refractivity contribution in [2.45, 2.75) is 55.1 Å². The van der Waals surface area contributed by atoms with Crippen LogP contribution in [-0.2, 0) is 14.8 Å². The molecule has 28 heavy (non-hydrogen) atoms. The Morgan fingerprint density at radius 3 is 2.71 bits per heavy atom. The van der Waals surface area contributed by atoms with E-state index in [0.29, 0.717) is 13.2 Å². The predicted molar refractivity (Wildman–Crippen MR) is 102 cm³/mol. The zero-order chi connectivity index (χ0) is 19.8. The molecule has 2 saturated heterocycles. The van der Waals surface area contributed by atoms with E-state index in [4.69, 9.17) is 10.00 Å². The molecule has 2 atom stereocenters. The molecule has 0 bridgehead atoms. The van der Waals surface area contributed by atoms with Crippen LogP contribution in [0.4, 0.5) is 4.39 Å². The summed E-state index contributed by atoms with van der Waals surface area (Å²) in [5.41, 5.74) is -0.733. The zero-order valence-corrected chi connectivity index (χ0v) is 16.8. The third kappa shape index (κ3) is 3.45. The van der Waals surface area contributed by atoms with Crippen molar-refractivity contribution in [3.8, 4) is 6.07 Å². The van der Waals surface area contributed by atoms with Crippen molar-refractivity contribution >= 4 is 10.0 Å². The fourth-order valence-corrected chi connectivity index (χ4v) is 6.50. The molecule has 0 amide bonds. The van der Waals surface area contributed by atoms with Crippen LogP contribution >= 0.6 is 0 Å². The number of morpholine rings is 1. The van der Waals surface area contributed by atoms with E-state index in [1.165, 1.54) is 23.2 Å². The molecule has 1 spiro atoms. The fourth-order valence-electron chi connectivity index (χ4n) is 4.99. The third-order valence-corrected chi connectivity index (χ3v) is 8.23. The van der Waals surface area contributed by atoms with Gasteiger partial charge >= 0.3 is 0 Å². The van der Waals surface area contributed by atoms with E-state index in [2.05, 4.69) is 4.90 Å². The quantitative estimate of drug-likeness (QED) is 0.770. The summed E-state index contributed by atoms with van der Waals surface area (Å²) in [7, 11) is -3.82. The first kappa shape index (κ1) is 19.8. The molecule has 0 radical (unpaired) electrons. The minimum absolute atomic E-state index is 0.0315. The maximum absolute atomic E-state index is 13.7. The van der Waals surface area contributed by atoms with Crippen LogP contribution in [0.1, 0.15) is 44.1 Å². The van der Waals surface area contributed by atoms with Gasteiger partial charge in [-0.25, -0.2) is 12.8 Å². The van der Waals surface area contributed by atoms with Crippen molar-refractivity contribution in [3.05, 3.63) is 29.6 Å². The Balaban J connectivity index is 1.63. The summed E-state index contributed by atoms with van der Waals surface area (Å²) in [4.78, 5) is 2.44. The van der Waals surface area contributed by atoms with E-state index >= 15 is 0 Å². The number of sulfonamides is 1. The summed E-state index contributed by atoms with van der Waals surface area (Å²) in [6.45, 7) is 3.04. The normalized spacial score (nSPS) is 29.8. The third-order valence-electron chi connectivity index (χ3n) is 6.39. The van der Waals surface area contributed by atoms with Crippen molar-refractivity contribution in [3.63, 3.8) is 0 Å². The van der Waals surface area contributed by atoms with E-state index in [1.807, 2.05) is 0 Å². The average molecular weight is 408 g/mol. The van der Waals surface area contributed by atoms with Crippen LogP contribution in [0.2, 0.25) is 0 Å². The predicted octanol–water partition coefficient (Wildman–Crippen LogP) is 2.50. The molecule has 0 unspecified atom stereocenters. The Labute approximate surface area is 165 Å². The topological polar surface area (TPSA) is 73.6 Å². The number of likely N-dealkylation sites (tertiary alicyclic amines) is 1. The van der Waals surface area contributed by atoms with Crippen molar-refractivity contribution in [1.29, 1.82) is 5.26 Å². The van der Waals surface area contributed by atoms with Gasteiger partial charge in [-0.15, -0.1) is 0 Å². The molecule has 1 saturated carbocycles. The largest absolute Gasteiger partial charge is 0.371 e. The molecule has 152 valence electrons. The lowest BCUT2D eigenvalue weighted by Gasteiger charge is -2.51. The number of hydrogen-bond donors (Lipinski definition) is 0. The highest BCUT2D eigenvalue weighted by Crippen LogP contribution is 2.40. The van der Waals surface area contributed by atoms with Gasteiger partial charge in [-0.1, -0.05) is 12.8 Å². The van der Waals surface area contributed by atoms with Crippen molar-refractivity contribution in [2.75, 3.05) is 32.8 Å². The van der Waals surface area contributed by atoms with Gasteiger partial charge in [0.15, 0.2) is 0 Å². The Kier molecular flexibility index (Phi) is 5.45. The van der Waals surface area contributed by atoms with Crippen LogP contribution < -0.4 is 0 Å². The lowest BCUT2D eigenvalue weighted by atomic mass is 9.78. The number of rotatable bonds is 3.